The average Bonchev–Trinajstić information content (AvgIpc) is 2.08. The fraction of sp³-hybridized carbons (Fsp3) is 0.500. The highest BCUT2D eigenvalue weighted by atomic mass is 16.2. The lowest BCUT2D eigenvalue weighted by molar-refractivity contribution is 0.247. The molecule has 2 atom stereocenters. The summed E-state index contributed by atoms with van der Waals surface area (Å²) in [5, 5.41) is 5.53. The van der Waals surface area contributed by atoms with E-state index in [0.29, 0.717) is 6.04 Å². The van der Waals surface area contributed by atoms with Gasteiger partial charge in [0.1, 0.15) is 0 Å². The van der Waals surface area contributed by atoms with Gasteiger partial charge in [0.15, 0.2) is 0 Å². The average molecular weight is 124 g/mol. The number of hydrogen-bond acceptors (Lipinski definition) is 1. The Balaban J connectivity index is 2.16. The molecule has 0 bridgehead atoms. The molecular formula is C6H8N2O. The number of hydrogen-bond donors (Lipinski definition) is 2. The van der Waals surface area contributed by atoms with Crippen molar-refractivity contribution in [2.45, 2.75) is 18.5 Å². The molecule has 9 heavy (non-hydrogen) atoms. The summed E-state index contributed by atoms with van der Waals surface area (Å²) in [6.45, 7) is 3.78. The van der Waals surface area contributed by atoms with Crippen LogP contribution in [0.4, 0.5) is 4.79 Å². The van der Waals surface area contributed by atoms with Crippen LogP contribution in [0.3, 0.4) is 0 Å². The van der Waals surface area contributed by atoms with Crippen molar-refractivity contribution in [2.75, 3.05) is 0 Å². The van der Waals surface area contributed by atoms with Crippen molar-refractivity contribution in [1.82, 2.24) is 10.6 Å². The predicted octanol–water partition coefficient (Wildman–Crippen LogP) is -0.00370. The van der Waals surface area contributed by atoms with Crippen LogP contribution in [0.2, 0.25) is 0 Å². The zero-order valence-corrected chi connectivity index (χ0v) is 4.98. The van der Waals surface area contributed by atoms with E-state index in [2.05, 4.69) is 17.2 Å². The van der Waals surface area contributed by atoms with Crippen LogP contribution in [0.25, 0.3) is 0 Å². The Morgan fingerprint density at radius 1 is 1.56 bits per heavy atom. The van der Waals surface area contributed by atoms with Crippen molar-refractivity contribution >= 4 is 6.03 Å². The lowest BCUT2D eigenvalue weighted by atomic mass is 9.83. The van der Waals surface area contributed by atoms with Crippen molar-refractivity contribution in [3.05, 3.63) is 12.2 Å². The highest BCUT2D eigenvalue weighted by Gasteiger charge is 2.41. The molecule has 1 heterocycles. The second-order valence-corrected chi connectivity index (χ2v) is 2.56. The first kappa shape index (κ1) is 4.85. The maximum Gasteiger partial charge on any atom is 0.315 e. The lowest BCUT2D eigenvalue weighted by Gasteiger charge is -2.30. The van der Waals surface area contributed by atoms with Gasteiger partial charge in [-0.05, 0) is 6.42 Å². The van der Waals surface area contributed by atoms with Gasteiger partial charge < -0.3 is 10.6 Å². The molecule has 0 aromatic carbocycles. The molecule has 2 aliphatic rings. The van der Waals surface area contributed by atoms with E-state index in [1.807, 2.05) is 0 Å². The summed E-state index contributed by atoms with van der Waals surface area (Å²) < 4.78 is 0. The molecule has 0 radical (unpaired) electrons. The topological polar surface area (TPSA) is 41.1 Å². The molecule has 2 rings (SSSR count). The van der Waals surface area contributed by atoms with Gasteiger partial charge in [0.2, 0.25) is 0 Å². The van der Waals surface area contributed by atoms with E-state index in [1.54, 1.807) is 0 Å². The van der Waals surface area contributed by atoms with Gasteiger partial charge >= 0.3 is 6.03 Å². The number of amides is 2. The van der Waals surface area contributed by atoms with E-state index in [9.17, 15) is 4.79 Å². The molecule has 1 aliphatic heterocycles. The Kier molecular flexibility index (Phi) is 0.695. The van der Waals surface area contributed by atoms with E-state index >= 15 is 0 Å². The van der Waals surface area contributed by atoms with Crippen LogP contribution in [0.5, 0.6) is 0 Å². The van der Waals surface area contributed by atoms with Crippen molar-refractivity contribution in [3.63, 3.8) is 0 Å². The van der Waals surface area contributed by atoms with Crippen molar-refractivity contribution in [3.8, 4) is 0 Å². The molecule has 1 saturated heterocycles. The predicted molar refractivity (Wildman–Crippen MR) is 33.0 cm³/mol. The summed E-state index contributed by atoms with van der Waals surface area (Å²) >= 11 is 0. The van der Waals surface area contributed by atoms with Crippen molar-refractivity contribution in [2.24, 2.45) is 0 Å². The Hall–Kier alpha value is -0.990. The number of carbonyl (C=O) groups excluding carboxylic acids is 1. The minimum atomic E-state index is -0.0522. The summed E-state index contributed by atoms with van der Waals surface area (Å²) in [4.78, 5) is 10.6. The maximum atomic E-state index is 10.6. The molecule has 2 amide bonds. The summed E-state index contributed by atoms with van der Waals surface area (Å²) in [6, 6.07) is 0.520. The lowest BCUT2D eigenvalue weighted by Crippen LogP contribution is -2.45. The van der Waals surface area contributed by atoms with Crippen LogP contribution in [0.15, 0.2) is 12.2 Å². The molecule has 0 aromatic rings. The molecule has 2 fully saturated rings. The van der Waals surface area contributed by atoms with Gasteiger partial charge in [0, 0.05) is 0 Å². The van der Waals surface area contributed by atoms with Gasteiger partial charge in [-0.3, -0.25) is 0 Å². The van der Waals surface area contributed by atoms with E-state index in [0.717, 1.165) is 12.0 Å². The molecule has 0 aromatic heterocycles. The van der Waals surface area contributed by atoms with Crippen LogP contribution in [-0.4, -0.2) is 18.1 Å². The molecule has 0 unspecified atom stereocenters. The fourth-order valence-corrected chi connectivity index (χ4v) is 1.34. The van der Waals surface area contributed by atoms with E-state index < -0.39 is 0 Å². The van der Waals surface area contributed by atoms with Crippen LogP contribution in [-0.2, 0) is 0 Å². The second-order valence-electron chi connectivity index (χ2n) is 2.56. The molecule has 3 heteroatoms. The Morgan fingerprint density at radius 2 is 2.33 bits per heavy atom. The SMILES string of the molecule is C=C1C[C@@H]2NC(=O)N[C@H]12. The summed E-state index contributed by atoms with van der Waals surface area (Å²) in [6.07, 6.45) is 0.948. The first-order valence-corrected chi connectivity index (χ1v) is 3.02. The highest BCUT2D eigenvalue weighted by molar-refractivity contribution is 5.79. The molecular weight excluding hydrogens is 116 g/mol. The van der Waals surface area contributed by atoms with Crippen molar-refractivity contribution in [1.29, 1.82) is 0 Å². The number of carbonyl (C=O) groups is 1. The van der Waals surface area contributed by atoms with Crippen LogP contribution in [0, 0.1) is 0 Å². The normalized spacial score (nSPS) is 38.7. The Morgan fingerprint density at radius 3 is 2.78 bits per heavy atom. The first-order chi connectivity index (χ1) is 4.27. The number of rotatable bonds is 0. The largest absolute Gasteiger partial charge is 0.333 e. The smallest absolute Gasteiger partial charge is 0.315 e. The monoisotopic (exact) mass is 124 g/mol. The second kappa shape index (κ2) is 1.29. The molecule has 1 aliphatic carbocycles. The van der Waals surface area contributed by atoms with E-state index in [1.165, 1.54) is 0 Å². The molecule has 1 saturated carbocycles. The standard InChI is InChI=1S/C6H8N2O/c1-3-2-4-5(3)8-6(9)7-4/h4-5H,1-2H2,(H2,7,8,9)/t4-,5+/m0/s1. The fourth-order valence-electron chi connectivity index (χ4n) is 1.34. The molecule has 48 valence electrons. The maximum absolute atomic E-state index is 10.6. The van der Waals surface area contributed by atoms with Gasteiger partial charge in [-0.1, -0.05) is 12.2 Å². The minimum absolute atomic E-state index is 0.0522. The van der Waals surface area contributed by atoms with Crippen LogP contribution in [0.1, 0.15) is 6.42 Å². The van der Waals surface area contributed by atoms with Gasteiger partial charge in [0.05, 0.1) is 12.1 Å². The zero-order chi connectivity index (χ0) is 6.43. The third-order valence-corrected chi connectivity index (χ3v) is 1.93. The van der Waals surface area contributed by atoms with Crippen LogP contribution >= 0.6 is 0 Å². The Bertz CT molecular complexity index is 185. The van der Waals surface area contributed by atoms with E-state index in [-0.39, 0.29) is 12.1 Å². The first-order valence-electron chi connectivity index (χ1n) is 3.02. The highest BCUT2D eigenvalue weighted by Crippen LogP contribution is 2.28. The molecule has 2 N–H and O–H groups in total. The van der Waals surface area contributed by atoms with Gasteiger partial charge in [-0.25, -0.2) is 4.79 Å². The Labute approximate surface area is 53.1 Å². The molecule has 3 nitrogen and oxygen atoms in total. The zero-order valence-electron chi connectivity index (χ0n) is 4.98. The quantitative estimate of drug-likeness (QED) is 0.438. The third-order valence-electron chi connectivity index (χ3n) is 1.93. The number of urea groups is 1. The minimum Gasteiger partial charge on any atom is -0.333 e. The summed E-state index contributed by atoms with van der Waals surface area (Å²) in [5.41, 5.74) is 1.14. The van der Waals surface area contributed by atoms with Gasteiger partial charge in [-0.2, -0.15) is 0 Å². The van der Waals surface area contributed by atoms with Crippen LogP contribution < -0.4 is 10.6 Å². The number of nitrogens with one attached hydrogen (secondary N) is 2. The third kappa shape index (κ3) is 0.487. The van der Waals surface area contributed by atoms with E-state index in [4.69, 9.17) is 0 Å². The van der Waals surface area contributed by atoms with Gasteiger partial charge in [0.25, 0.3) is 0 Å². The molecule has 0 spiro atoms. The van der Waals surface area contributed by atoms with Crippen molar-refractivity contribution < 1.29 is 4.79 Å². The summed E-state index contributed by atoms with van der Waals surface area (Å²) in [7, 11) is 0. The summed E-state index contributed by atoms with van der Waals surface area (Å²) in [5.74, 6) is 0. The number of fused-ring (bicyclic) bond motifs is 1. The van der Waals surface area contributed by atoms with Gasteiger partial charge in [-0.15, -0.1) is 0 Å².